The van der Waals surface area contributed by atoms with Gasteiger partial charge in [0.1, 0.15) is 0 Å². The standard InChI is InChI=1S/C19H26N2O3/c1-19(2,23)9-7-14-5-6-16-15(11-14)8-10-21(13-22)17(16)12-18(20-3)24-4/h5-6,11-13,23H,7-10H2,1-4H3/b17-12-,20-18+. The first-order valence-electron chi connectivity index (χ1n) is 8.17. The molecule has 1 aliphatic rings. The van der Waals surface area contributed by atoms with Gasteiger partial charge in [-0.15, -0.1) is 0 Å². The molecule has 0 saturated carbocycles. The van der Waals surface area contributed by atoms with Gasteiger partial charge in [0.2, 0.25) is 12.3 Å². The van der Waals surface area contributed by atoms with Crippen molar-refractivity contribution >= 4 is 18.0 Å². The number of benzene rings is 1. The highest BCUT2D eigenvalue weighted by Gasteiger charge is 2.22. The van der Waals surface area contributed by atoms with Gasteiger partial charge in [-0.2, -0.15) is 0 Å². The second kappa shape index (κ2) is 7.62. The smallest absolute Gasteiger partial charge is 0.214 e. The monoisotopic (exact) mass is 330 g/mol. The van der Waals surface area contributed by atoms with Crippen LogP contribution in [0.1, 0.15) is 37.0 Å². The van der Waals surface area contributed by atoms with Crippen molar-refractivity contribution in [3.8, 4) is 0 Å². The maximum atomic E-state index is 11.4. The predicted octanol–water partition coefficient (Wildman–Crippen LogP) is 2.42. The van der Waals surface area contributed by atoms with Crippen LogP contribution in [0.15, 0.2) is 29.3 Å². The van der Waals surface area contributed by atoms with Gasteiger partial charge in [0, 0.05) is 25.2 Å². The molecule has 0 spiro atoms. The Labute approximate surface area is 143 Å². The van der Waals surface area contributed by atoms with Crippen LogP contribution in [0.2, 0.25) is 0 Å². The molecule has 1 aromatic rings. The lowest BCUT2D eigenvalue weighted by molar-refractivity contribution is -0.115. The highest BCUT2D eigenvalue weighted by Crippen LogP contribution is 2.29. The van der Waals surface area contributed by atoms with Crippen molar-refractivity contribution in [2.24, 2.45) is 4.99 Å². The molecule has 5 heteroatoms. The summed E-state index contributed by atoms with van der Waals surface area (Å²) in [5.41, 5.74) is 3.58. The van der Waals surface area contributed by atoms with Gasteiger partial charge in [0.15, 0.2) is 0 Å². The Bertz CT molecular complexity index is 657. The number of amides is 1. The van der Waals surface area contributed by atoms with E-state index in [0.717, 1.165) is 30.5 Å². The van der Waals surface area contributed by atoms with Gasteiger partial charge in [-0.25, -0.2) is 0 Å². The maximum absolute atomic E-state index is 11.4. The molecule has 0 aliphatic carbocycles. The van der Waals surface area contributed by atoms with E-state index in [0.29, 0.717) is 18.9 Å². The molecule has 0 unspecified atom stereocenters. The van der Waals surface area contributed by atoms with E-state index in [4.69, 9.17) is 4.74 Å². The van der Waals surface area contributed by atoms with Crippen LogP contribution in [0.3, 0.4) is 0 Å². The van der Waals surface area contributed by atoms with E-state index in [2.05, 4.69) is 17.1 Å². The van der Waals surface area contributed by atoms with Crippen molar-refractivity contribution < 1.29 is 14.6 Å². The van der Waals surface area contributed by atoms with Gasteiger partial charge in [0.05, 0.1) is 18.4 Å². The number of aryl methyl sites for hydroxylation is 1. The molecular formula is C19H26N2O3. The number of aliphatic hydroxyl groups is 1. The number of hydrogen-bond donors (Lipinski definition) is 1. The summed E-state index contributed by atoms with van der Waals surface area (Å²) in [6, 6.07) is 6.27. The molecule has 130 valence electrons. The second-order valence-corrected chi connectivity index (χ2v) is 6.65. The molecule has 1 amide bonds. The number of nitrogens with zero attached hydrogens (tertiary/aromatic N) is 2. The topological polar surface area (TPSA) is 62.1 Å². The van der Waals surface area contributed by atoms with Gasteiger partial charge in [-0.3, -0.25) is 9.79 Å². The Morgan fingerprint density at radius 1 is 1.46 bits per heavy atom. The molecule has 1 aromatic carbocycles. The zero-order chi connectivity index (χ0) is 17.7. The lowest BCUT2D eigenvalue weighted by atomic mass is 9.91. The van der Waals surface area contributed by atoms with Gasteiger partial charge in [-0.1, -0.05) is 18.2 Å². The van der Waals surface area contributed by atoms with Gasteiger partial charge in [0.25, 0.3) is 0 Å². The van der Waals surface area contributed by atoms with Crippen LogP contribution in [0.25, 0.3) is 5.70 Å². The Morgan fingerprint density at radius 2 is 2.21 bits per heavy atom. The molecule has 24 heavy (non-hydrogen) atoms. The van der Waals surface area contributed by atoms with Crippen molar-refractivity contribution in [1.29, 1.82) is 0 Å². The molecule has 2 rings (SSSR count). The number of ether oxygens (including phenoxy) is 1. The highest BCUT2D eigenvalue weighted by atomic mass is 16.5. The summed E-state index contributed by atoms with van der Waals surface area (Å²) >= 11 is 0. The predicted molar refractivity (Wildman–Crippen MR) is 95.9 cm³/mol. The Kier molecular flexibility index (Phi) is 5.78. The first-order chi connectivity index (χ1) is 11.4. The van der Waals surface area contributed by atoms with Crippen LogP contribution < -0.4 is 0 Å². The number of rotatable bonds is 5. The summed E-state index contributed by atoms with van der Waals surface area (Å²) in [5, 5.41) is 9.90. The van der Waals surface area contributed by atoms with E-state index in [-0.39, 0.29) is 0 Å². The molecule has 0 atom stereocenters. The number of aliphatic imine (C=N–C) groups is 1. The van der Waals surface area contributed by atoms with Gasteiger partial charge in [-0.05, 0) is 44.2 Å². The number of hydrogen-bond acceptors (Lipinski definition) is 4. The third kappa shape index (κ3) is 4.45. The average Bonchev–Trinajstić information content (AvgIpc) is 2.56. The molecule has 0 aromatic heterocycles. The highest BCUT2D eigenvalue weighted by molar-refractivity contribution is 5.97. The summed E-state index contributed by atoms with van der Waals surface area (Å²) in [5.74, 6) is 0.482. The van der Waals surface area contributed by atoms with Crippen LogP contribution in [0, 0.1) is 0 Å². The molecular weight excluding hydrogens is 304 g/mol. The first kappa shape index (κ1) is 18.2. The third-order valence-electron chi connectivity index (χ3n) is 4.22. The van der Waals surface area contributed by atoms with E-state index in [1.165, 1.54) is 11.1 Å². The van der Waals surface area contributed by atoms with E-state index >= 15 is 0 Å². The van der Waals surface area contributed by atoms with E-state index in [1.54, 1.807) is 25.1 Å². The van der Waals surface area contributed by atoms with Crippen LogP contribution in [-0.4, -0.2) is 48.6 Å². The number of methoxy groups -OCH3 is 1. The summed E-state index contributed by atoms with van der Waals surface area (Å²) < 4.78 is 5.21. The maximum Gasteiger partial charge on any atom is 0.214 e. The summed E-state index contributed by atoms with van der Waals surface area (Å²) in [7, 11) is 3.22. The lowest BCUT2D eigenvalue weighted by Gasteiger charge is -2.29. The van der Waals surface area contributed by atoms with Crippen molar-refractivity contribution in [1.82, 2.24) is 4.90 Å². The summed E-state index contributed by atoms with van der Waals surface area (Å²) in [6.45, 7) is 4.28. The zero-order valence-electron chi connectivity index (χ0n) is 14.9. The van der Waals surface area contributed by atoms with E-state index in [9.17, 15) is 9.90 Å². The Balaban J connectivity index is 2.34. The van der Waals surface area contributed by atoms with Crippen molar-refractivity contribution in [3.05, 3.63) is 41.0 Å². The molecule has 1 heterocycles. The van der Waals surface area contributed by atoms with Crippen LogP contribution in [0.5, 0.6) is 0 Å². The molecule has 0 saturated heterocycles. The minimum atomic E-state index is -0.666. The van der Waals surface area contributed by atoms with Gasteiger partial charge < -0.3 is 14.7 Å². The minimum absolute atomic E-state index is 0.482. The van der Waals surface area contributed by atoms with Crippen LogP contribution in [0.4, 0.5) is 0 Å². The molecule has 0 radical (unpaired) electrons. The Morgan fingerprint density at radius 3 is 2.79 bits per heavy atom. The fourth-order valence-corrected chi connectivity index (χ4v) is 2.83. The van der Waals surface area contributed by atoms with Crippen molar-refractivity contribution in [2.75, 3.05) is 20.7 Å². The number of carbonyl (C=O) groups is 1. The lowest BCUT2D eigenvalue weighted by Crippen LogP contribution is -2.29. The summed E-state index contributed by atoms with van der Waals surface area (Å²) in [6.07, 6.45) is 4.99. The average molecular weight is 330 g/mol. The van der Waals surface area contributed by atoms with Gasteiger partial charge >= 0.3 is 0 Å². The van der Waals surface area contributed by atoms with Crippen molar-refractivity contribution in [2.45, 2.75) is 38.7 Å². The van der Waals surface area contributed by atoms with Crippen molar-refractivity contribution in [3.63, 3.8) is 0 Å². The Hall–Kier alpha value is -2.14. The molecule has 5 nitrogen and oxygen atoms in total. The quantitative estimate of drug-likeness (QED) is 0.512. The molecule has 0 fully saturated rings. The van der Waals surface area contributed by atoms with Crippen LogP contribution >= 0.6 is 0 Å². The first-order valence-corrected chi connectivity index (χ1v) is 8.17. The van der Waals surface area contributed by atoms with Crippen LogP contribution in [-0.2, 0) is 22.4 Å². The minimum Gasteiger partial charge on any atom is -0.481 e. The largest absolute Gasteiger partial charge is 0.481 e. The SMILES string of the molecule is C/N=C(\C=C1\c2ccc(CCC(C)(C)O)cc2CCN1C=O)OC. The molecule has 1 aliphatic heterocycles. The fraction of sp³-hybridized carbons (Fsp3) is 0.474. The fourth-order valence-electron chi connectivity index (χ4n) is 2.83. The number of fused-ring (bicyclic) bond motifs is 1. The zero-order valence-corrected chi connectivity index (χ0v) is 14.9. The normalized spacial score (nSPS) is 17.0. The third-order valence-corrected chi connectivity index (χ3v) is 4.22. The molecule has 0 bridgehead atoms. The molecule has 1 N–H and O–H groups in total. The number of carbonyl (C=O) groups excluding carboxylic acids is 1. The summed E-state index contributed by atoms with van der Waals surface area (Å²) in [4.78, 5) is 17.1. The van der Waals surface area contributed by atoms with E-state index in [1.807, 2.05) is 19.9 Å². The van der Waals surface area contributed by atoms with E-state index < -0.39 is 5.60 Å². The second-order valence-electron chi connectivity index (χ2n) is 6.65.